The topological polar surface area (TPSA) is 71.0 Å². The van der Waals surface area contributed by atoms with E-state index in [1.807, 2.05) is 67.6 Å². The number of carbonyl (C=O) groups is 2. The molecule has 0 aliphatic carbocycles. The number of nitrogens with one attached hydrogen (secondary N) is 1. The number of ether oxygens (including phenoxy) is 1. The number of halogens is 2. The van der Waals surface area contributed by atoms with Crippen molar-refractivity contribution in [3.8, 4) is 11.5 Å². The van der Waals surface area contributed by atoms with Gasteiger partial charge in [-0.2, -0.15) is 0 Å². The van der Waals surface area contributed by atoms with Crippen molar-refractivity contribution in [3.63, 3.8) is 0 Å². The average molecular weight is 603 g/mol. The van der Waals surface area contributed by atoms with Crippen LogP contribution in [0.5, 0.6) is 11.5 Å². The first kappa shape index (κ1) is 24.5. The van der Waals surface area contributed by atoms with Crippen molar-refractivity contribution in [2.75, 3.05) is 11.9 Å². The second kappa shape index (κ2) is 11.2. The van der Waals surface area contributed by atoms with Crippen LogP contribution in [0.1, 0.15) is 13.3 Å². The SMILES string of the molecule is CCN1C(=O)C(CC(=O)Nc2cccc(Oc3ccccc3)c2)SC1=Nc1ccc(Br)cc1Br. The molecule has 174 valence electrons. The van der Waals surface area contributed by atoms with Crippen LogP contribution in [0, 0.1) is 0 Å². The van der Waals surface area contributed by atoms with Crippen molar-refractivity contribution >= 4 is 72.0 Å². The van der Waals surface area contributed by atoms with Gasteiger partial charge < -0.3 is 10.1 Å². The van der Waals surface area contributed by atoms with E-state index in [2.05, 4.69) is 42.2 Å². The first-order valence-electron chi connectivity index (χ1n) is 10.6. The minimum absolute atomic E-state index is 0.0459. The summed E-state index contributed by atoms with van der Waals surface area (Å²) in [4.78, 5) is 32.0. The smallest absolute Gasteiger partial charge is 0.242 e. The van der Waals surface area contributed by atoms with Gasteiger partial charge in [0.2, 0.25) is 11.8 Å². The average Bonchev–Trinajstić information content (AvgIpc) is 3.10. The van der Waals surface area contributed by atoms with Crippen molar-refractivity contribution in [2.45, 2.75) is 18.6 Å². The zero-order valence-corrected chi connectivity index (χ0v) is 22.2. The van der Waals surface area contributed by atoms with Gasteiger partial charge in [0.1, 0.15) is 16.7 Å². The number of nitrogens with zero attached hydrogens (tertiary/aromatic N) is 2. The summed E-state index contributed by atoms with van der Waals surface area (Å²) in [6.45, 7) is 2.38. The summed E-state index contributed by atoms with van der Waals surface area (Å²) in [7, 11) is 0. The van der Waals surface area contributed by atoms with E-state index in [1.165, 1.54) is 11.8 Å². The van der Waals surface area contributed by atoms with Crippen LogP contribution in [0.2, 0.25) is 0 Å². The molecule has 4 rings (SSSR count). The van der Waals surface area contributed by atoms with Gasteiger partial charge >= 0.3 is 0 Å². The van der Waals surface area contributed by atoms with Crippen LogP contribution in [0.3, 0.4) is 0 Å². The highest BCUT2D eigenvalue weighted by atomic mass is 79.9. The number of thioether (sulfide) groups is 1. The summed E-state index contributed by atoms with van der Waals surface area (Å²) < 4.78 is 7.57. The molecule has 1 atom stereocenters. The third-order valence-electron chi connectivity index (χ3n) is 4.93. The highest BCUT2D eigenvalue weighted by Gasteiger charge is 2.38. The molecule has 6 nitrogen and oxygen atoms in total. The number of hydrogen-bond acceptors (Lipinski definition) is 5. The molecule has 0 radical (unpaired) electrons. The molecular formula is C25H21Br2N3O3S. The first-order valence-corrected chi connectivity index (χ1v) is 13.0. The van der Waals surface area contributed by atoms with E-state index in [0.29, 0.717) is 28.9 Å². The van der Waals surface area contributed by atoms with Gasteiger partial charge in [0.05, 0.1) is 5.69 Å². The molecule has 1 N–H and O–H groups in total. The highest BCUT2D eigenvalue weighted by Crippen LogP contribution is 2.35. The third-order valence-corrected chi connectivity index (χ3v) is 7.23. The molecular weight excluding hydrogens is 582 g/mol. The zero-order chi connectivity index (χ0) is 24.1. The van der Waals surface area contributed by atoms with Gasteiger partial charge in [-0.3, -0.25) is 14.5 Å². The lowest BCUT2D eigenvalue weighted by molar-refractivity contribution is -0.128. The van der Waals surface area contributed by atoms with Gasteiger partial charge in [0.15, 0.2) is 5.17 Å². The summed E-state index contributed by atoms with van der Waals surface area (Å²) in [6, 6.07) is 22.3. The van der Waals surface area contributed by atoms with Gasteiger partial charge in [-0.05, 0) is 65.3 Å². The molecule has 0 spiro atoms. The van der Waals surface area contributed by atoms with E-state index in [0.717, 1.165) is 14.6 Å². The standard InChI is InChI=1S/C25H21Br2N3O3S/c1-2-30-24(32)22(34-25(30)29-21-12-11-16(26)13-20(21)27)15-23(31)28-17-7-6-10-19(14-17)33-18-8-4-3-5-9-18/h3-14,22H,2,15H2,1H3,(H,28,31). The van der Waals surface area contributed by atoms with Crippen LogP contribution in [0.15, 0.2) is 86.7 Å². The fourth-order valence-corrected chi connectivity index (χ4v) is 5.68. The summed E-state index contributed by atoms with van der Waals surface area (Å²) in [5.41, 5.74) is 1.33. The monoisotopic (exact) mass is 601 g/mol. The largest absolute Gasteiger partial charge is 0.457 e. The molecule has 0 saturated carbocycles. The number of anilines is 1. The number of amides is 2. The molecule has 1 unspecified atom stereocenters. The molecule has 3 aromatic rings. The summed E-state index contributed by atoms with van der Waals surface area (Å²) in [6.07, 6.45) is 0.0459. The minimum Gasteiger partial charge on any atom is -0.457 e. The Bertz CT molecular complexity index is 1240. The van der Waals surface area contributed by atoms with Gasteiger partial charge in [-0.15, -0.1) is 0 Å². The fraction of sp³-hybridized carbons (Fsp3) is 0.160. The van der Waals surface area contributed by atoms with E-state index in [4.69, 9.17) is 4.74 Å². The van der Waals surface area contributed by atoms with E-state index < -0.39 is 5.25 Å². The maximum Gasteiger partial charge on any atom is 0.242 e. The molecule has 1 aliphatic rings. The van der Waals surface area contributed by atoms with Crippen LogP contribution in [-0.4, -0.2) is 33.7 Å². The van der Waals surface area contributed by atoms with Crippen molar-refractivity contribution in [1.82, 2.24) is 4.90 Å². The Hall–Kier alpha value is -2.62. The normalized spacial score (nSPS) is 16.7. The number of amidine groups is 1. The molecule has 3 aromatic carbocycles. The predicted octanol–water partition coefficient (Wildman–Crippen LogP) is 6.98. The van der Waals surface area contributed by atoms with Crippen LogP contribution in [0.4, 0.5) is 11.4 Å². The molecule has 1 aliphatic heterocycles. The third kappa shape index (κ3) is 6.08. The van der Waals surface area contributed by atoms with Crippen molar-refractivity contribution < 1.29 is 14.3 Å². The number of para-hydroxylation sites is 1. The van der Waals surface area contributed by atoms with Gasteiger partial charge in [-0.25, -0.2) is 4.99 Å². The molecule has 0 aromatic heterocycles. The van der Waals surface area contributed by atoms with Crippen LogP contribution < -0.4 is 10.1 Å². The van der Waals surface area contributed by atoms with E-state index in [1.54, 1.807) is 17.0 Å². The molecule has 1 heterocycles. The lowest BCUT2D eigenvalue weighted by Crippen LogP contribution is -2.33. The minimum atomic E-state index is -0.531. The molecule has 9 heteroatoms. The predicted molar refractivity (Wildman–Crippen MR) is 144 cm³/mol. The lowest BCUT2D eigenvalue weighted by Gasteiger charge is -2.13. The van der Waals surface area contributed by atoms with Crippen molar-refractivity contribution in [3.05, 3.63) is 81.7 Å². The maximum absolute atomic E-state index is 12.9. The van der Waals surface area contributed by atoms with Gasteiger partial charge in [0.25, 0.3) is 0 Å². The Morgan fingerprint density at radius 3 is 2.56 bits per heavy atom. The Kier molecular flexibility index (Phi) is 8.07. The number of rotatable bonds is 7. The summed E-state index contributed by atoms with van der Waals surface area (Å²) in [5.74, 6) is 0.963. The molecule has 0 bridgehead atoms. The fourth-order valence-electron chi connectivity index (χ4n) is 3.33. The summed E-state index contributed by atoms with van der Waals surface area (Å²) in [5, 5.41) is 2.93. The highest BCUT2D eigenvalue weighted by molar-refractivity contribution is 9.11. The number of benzene rings is 3. The molecule has 2 amide bonds. The van der Waals surface area contributed by atoms with Crippen LogP contribution >= 0.6 is 43.6 Å². The number of hydrogen-bond donors (Lipinski definition) is 1. The van der Waals surface area contributed by atoms with E-state index >= 15 is 0 Å². The van der Waals surface area contributed by atoms with Crippen molar-refractivity contribution in [2.24, 2.45) is 4.99 Å². The Morgan fingerprint density at radius 2 is 1.82 bits per heavy atom. The lowest BCUT2D eigenvalue weighted by atomic mass is 10.2. The van der Waals surface area contributed by atoms with Crippen molar-refractivity contribution in [1.29, 1.82) is 0 Å². The second-order valence-corrected chi connectivity index (χ2v) is 10.3. The Morgan fingerprint density at radius 1 is 1.06 bits per heavy atom. The second-order valence-electron chi connectivity index (χ2n) is 7.37. The van der Waals surface area contributed by atoms with E-state index in [9.17, 15) is 9.59 Å². The summed E-state index contributed by atoms with van der Waals surface area (Å²) >= 11 is 8.25. The molecule has 34 heavy (non-hydrogen) atoms. The van der Waals surface area contributed by atoms with Crippen LogP contribution in [0.25, 0.3) is 0 Å². The number of aliphatic imine (C=N–C) groups is 1. The number of carbonyl (C=O) groups excluding carboxylic acids is 2. The quantitative estimate of drug-likeness (QED) is 0.316. The zero-order valence-electron chi connectivity index (χ0n) is 18.2. The Labute approximate surface area is 219 Å². The maximum atomic E-state index is 12.9. The van der Waals surface area contributed by atoms with Gasteiger partial charge in [-0.1, -0.05) is 52.0 Å². The van der Waals surface area contributed by atoms with Crippen LogP contribution in [-0.2, 0) is 9.59 Å². The first-order chi connectivity index (χ1) is 16.4. The Balaban J connectivity index is 1.42. The molecule has 1 fully saturated rings. The molecule has 1 saturated heterocycles. The van der Waals surface area contributed by atoms with E-state index in [-0.39, 0.29) is 18.2 Å². The van der Waals surface area contributed by atoms with Gasteiger partial charge in [0, 0.05) is 33.7 Å².